The molecule has 0 atom stereocenters. The van der Waals surface area contributed by atoms with Gasteiger partial charge in [0.25, 0.3) is 5.91 Å². The summed E-state index contributed by atoms with van der Waals surface area (Å²) in [5.74, 6) is -0.925. The third-order valence-electron chi connectivity index (χ3n) is 3.00. The quantitative estimate of drug-likeness (QED) is 0.598. The van der Waals surface area contributed by atoms with E-state index in [-0.39, 0.29) is 18.1 Å². The molecule has 1 aromatic carbocycles. The average molecular weight is 370 g/mol. The van der Waals surface area contributed by atoms with Gasteiger partial charge in [-0.05, 0) is 42.3 Å². The number of hydrogen-bond donors (Lipinski definition) is 1. The van der Waals surface area contributed by atoms with Gasteiger partial charge in [0.2, 0.25) is 0 Å². The maximum atomic E-state index is 12.0. The summed E-state index contributed by atoms with van der Waals surface area (Å²) in [4.78, 5) is 25.8. The Morgan fingerprint density at radius 2 is 2.17 bits per heavy atom. The van der Waals surface area contributed by atoms with Crippen LogP contribution in [-0.4, -0.2) is 31.3 Å². The zero-order valence-corrected chi connectivity index (χ0v) is 14.9. The summed E-state index contributed by atoms with van der Waals surface area (Å²) in [7, 11) is 0. The van der Waals surface area contributed by atoms with E-state index in [2.05, 4.69) is 5.32 Å². The van der Waals surface area contributed by atoms with Crippen LogP contribution in [0.4, 0.5) is 0 Å². The highest BCUT2D eigenvalue weighted by molar-refractivity contribution is 7.98. The molecule has 0 unspecified atom stereocenters. The van der Waals surface area contributed by atoms with Crippen LogP contribution in [-0.2, 0) is 16.0 Å². The van der Waals surface area contributed by atoms with E-state index < -0.39 is 5.97 Å². The van der Waals surface area contributed by atoms with E-state index in [1.54, 1.807) is 23.5 Å². The fourth-order valence-electron chi connectivity index (χ4n) is 1.83. The second-order valence-electron chi connectivity index (χ2n) is 4.60. The van der Waals surface area contributed by atoms with Crippen molar-refractivity contribution >= 4 is 46.6 Å². The first kappa shape index (κ1) is 17.8. The van der Waals surface area contributed by atoms with Gasteiger partial charge in [-0.25, -0.2) is 4.79 Å². The molecule has 0 spiro atoms. The fraction of sp³-hybridized carbons (Fsp3) is 0.250. The lowest BCUT2D eigenvalue weighted by Gasteiger charge is -2.08. The number of halogens is 1. The molecule has 4 nitrogen and oxygen atoms in total. The number of thiophene rings is 1. The minimum absolute atomic E-state index is 0.268. The van der Waals surface area contributed by atoms with Gasteiger partial charge < -0.3 is 10.1 Å². The van der Waals surface area contributed by atoms with Crippen LogP contribution < -0.4 is 5.32 Å². The number of carbonyl (C=O) groups excluding carboxylic acids is 2. The third kappa shape index (κ3) is 5.57. The second-order valence-corrected chi connectivity index (χ2v) is 6.92. The Morgan fingerprint density at radius 1 is 1.35 bits per heavy atom. The van der Waals surface area contributed by atoms with E-state index in [1.807, 2.05) is 29.8 Å². The van der Waals surface area contributed by atoms with Crippen molar-refractivity contribution in [3.8, 4) is 0 Å². The summed E-state index contributed by atoms with van der Waals surface area (Å²) in [6.07, 6.45) is 2.67. The Morgan fingerprint density at radius 3 is 2.87 bits per heavy atom. The molecule has 122 valence electrons. The van der Waals surface area contributed by atoms with Crippen LogP contribution in [0.15, 0.2) is 40.6 Å². The van der Waals surface area contributed by atoms with Crippen LogP contribution in [0.3, 0.4) is 0 Å². The molecule has 2 rings (SSSR count). The van der Waals surface area contributed by atoms with Crippen LogP contribution in [0, 0.1) is 0 Å². The molecule has 7 heteroatoms. The number of hydrogen-bond acceptors (Lipinski definition) is 5. The molecule has 1 amide bonds. The van der Waals surface area contributed by atoms with Gasteiger partial charge in [0.05, 0.1) is 10.6 Å². The van der Waals surface area contributed by atoms with Crippen LogP contribution in [0.5, 0.6) is 0 Å². The van der Waals surface area contributed by atoms with Crippen molar-refractivity contribution in [3.05, 3.63) is 51.2 Å². The highest BCUT2D eigenvalue weighted by atomic mass is 35.5. The average Bonchev–Trinajstić information content (AvgIpc) is 3.06. The topological polar surface area (TPSA) is 55.4 Å². The third-order valence-corrected chi connectivity index (χ3v) is 4.99. The summed E-state index contributed by atoms with van der Waals surface area (Å²) < 4.78 is 5.02. The van der Waals surface area contributed by atoms with Gasteiger partial charge in [0.15, 0.2) is 6.61 Å². The molecular weight excluding hydrogens is 354 g/mol. The maximum Gasteiger partial charge on any atom is 0.340 e. The molecule has 1 N–H and O–H groups in total. The minimum Gasteiger partial charge on any atom is -0.452 e. The van der Waals surface area contributed by atoms with Gasteiger partial charge in [0, 0.05) is 16.3 Å². The summed E-state index contributed by atoms with van der Waals surface area (Å²) in [6.45, 7) is 0.197. The van der Waals surface area contributed by atoms with Crippen LogP contribution in [0.2, 0.25) is 5.02 Å². The van der Waals surface area contributed by atoms with Crippen molar-refractivity contribution in [1.29, 1.82) is 0 Å². The lowest BCUT2D eigenvalue weighted by molar-refractivity contribution is -0.124. The highest BCUT2D eigenvalue weighted by Crippen LogP contribution is 2.23. The SMILES string of the molecule is CSc1ccc(Cl)c(C(=O)OCC(=O)NCCc2cccs2)c1. The lowest BCUT2D eigenvalue weighted by atomic mass is 10.2. The van der Waals surface area contributed by atoms with Crippen LogP contribution in [0.1, 0.15) is 15.2 Å². The van der Waals surface area contributed by atoms with Gasteiger partial charge in [0.1, 0.15) is 0 Å². The zero-order valence-electron chi connectivity index (χ0n) is 12.5. The smallest absolute Gasteiger partial charge is 0.340 e. The van der Waals surface area contributed by atoms with E-state index in [9.17, 15) is 9.59 Å². The molecule has 0 fully saturated rings. The Balaban J connectivity index is 1.78. The van der Waals surface area contributed by atoms with Gasteiger partial charge in [-0.1, -0.05) is 17.7 Å². The summed E-state index contributed by atoms with van der Waals surface area (Å²) in [5.41, 5.74) is 0.268. The van der Waals surface area contributed by atoms with Gasteiger partial charge in [-0.3, -0.25) is 4.79 Å². The van der Waals surface area contributed by atoms with Crippen molar-refractivity contribution in [2.45, 2.75) is 11.3 Å². The molecule has 0 aliphatic carbocycles. The van der Waals surface area contributed by atoms with Gasteiger partial charge in [-0.2, -0.15) is 0 Å². The molecule has 1 heterocycles. The molecule has 0 saturated heterocycles. The number of esters is 1. The lowest BCUT2D eigenvalue weighted by Crippen LogP contribution is -2.30. The molecular formula is C16H16ClNO3S2. The van der Waals surface area contributed by atoms with Gasteiger partial charge >= 0.3 is 5.97 Å². The molecule has 0 aliphatic rings. The Kier molecular flexibility index (Phi) is 6.95. The van der Waals surface area contributed by atoms with Crippen molar-refractivity contribution < 1.29 is 14.3 Å². The molecule has 2 aromatic rings. The first-order chi connectivity index (χ1) is 11.1. The van der Waals surface area contributed by atoms with Crippen molar-refractivity contribution in [2.75, 3.05) is 19.4 Å². The van der Waals surface area contributed by atoms with Crippen molar-refractivity contribution in [1.82, 2.24) is 5.32 Å². The van der Waals surface area contributed by atoms with E-state index in [1.165, 1.54) is 16.6 Å². The fourth-order valence-corrected chi connectivity index (χ4v) is 3.17. The summed E-state index contributed by atoms with van der Waals surface area (Å²) in [6, 6.07) is 9.10. The molecule has 23 heavy (non-hydrogen) atoms. The van der Waals surface area contributed by atoms with Crippen LogP contribution >= 0.6 is 34.7 Å². The van der Waals surface area contributed by atoms with Crippen molar-refractivity contribution in [2.24, 2.45) is 0 Å². The number of carbonyl (C=O) groups is 2. The Hall–Kier alpha value is -1.50. The van der Waals surface area contributed by atoms with E-state index in [4.69, 9.17) is 16.3 Å². The molecule has 0 bridgehead atoms. The van der Waals surface area contributed by atoms with Crippen LogP contribution in [0.25, 0.3) is 0 Å². The monoisotopic (exact) mass is 369 g/mol. The number of nitrogens with one attached hydrogen (secondary N) is 1. The highest BCUT2D eigenvalue weighted by Gasteiger charge is 2.14. The normalized spacial score (nSPS) is 10.3. The number of benzene rings is 1. The number of thioether (sulfide) groups is 1. The second kappa shape index (κ2) is 8.96. The Bertz CT molecular complexity index is 674. The Labute approximate surface area is 148 Å². The summed E-state index contributed by atoms with van der Waals surface area (Å²) in [5, 5.41) is 5.02. The van der Waals surface area contributed by atoms with E-state index in [0.29, 0.717) is 11.6 Å². The molecule has 0 saturated carbocycles. The number of ether oxygens (including phenoxy) is 1. The predicted molar refractivity (Wildman–Crippen MR) is 94.5 cm³/mol. The predicted octanol–water partition coefficient (Wildman–Crippen LogP) is 3.64. The largest absolute Gasteiger partial charge is 0.452 e. The maximum absolute atomic E-state index is 12.0. The van der Waals surface area contributed by atoms with E-state index in [0.717, 1.165) is 11.3 Å². The molecule has 1 aromatic heterocycles. The number of rotatable bonds is 7. The zero-order chi connectivity index (χ0) is 16.7. The molecule has 0 aliphatic heterocycles. The van der Waals surface area contributed by atoms with Gasteiger partial charge in [-0.15, -0.1) is 23.1 Å². The number of amides is 1. The minimum atomic E-state index is -0.598. The first-order valence-corrected chi connectivity index (χ1v) is 9.38. The van der Waals surface area contributed by atoms with Crippen molar-refractivity contribution in [3.63, 3.8) is 0 Å². The van der Waals surface area contributed by atoms with E-state index >= 15 is 0 Å². The summed E-state index contributed by atoms with van der Waals surface area (Å²) >= 11 is 9.13. The standard InChI is InChI=1S/C16H16ClNO3S2/c1-22-12-4-5-14(17)13(9-12)16(20)21-10-15(19)18-7-6-11-3-2-8-23-11/h2-5,8-9H,6-7,10H2,1H3,(H,18,19). The molecule has 0 radical (unpaired) electrons. The first-order valence-electron chi connectivity index (χ1n) is 6.90.